The molecule has 0 saturated carbocycles. The summed E-state index contributed by atoms with van der Waals surface area (Å²) in [6.45, 7) is 1.63. The lowest BCUT2D eigenvalue weighted by Gasteiger charge is -2.30. The zero-order valence-electron chi connectivity index (χ0n) is 11.6. The van der Waals surface area contributed by atoms with Crippen LogP contribution in [0.3, 0.4) is 0 Å². The Bertz CT molecular complexity index is 945. The Morgan fingerprint density at radius 3 is 2.64 bits per heavy atom. The van der Waals surface area contributed by atoms with Gasteiger partial charge in [-0.2, -0.15) is 0 Å². The smallest absolute Gasteiger partial charge is 0.325 e. The molecule has 0 aliphatic carbocycles. The fourth-order valence-corrected chi connectivity index (χ4v) is 4.07. The maximum absolute atomic E-state index is 12.8. The lowest BCUT2D eigenvalue weighted by atomic mass is 10.2. The number of ether oxygens (including phenoxy) is 1. The van der Waals surface area contributed by atoms with Crippen molar-refractivity contribution in [3.05, 3.63) is 50.8 Å². The van der Waals surface area contributed by atoms with Gasteiger partial charge < -0.3 is 9.72 Å². The van der Waals surface area contributed by atoms with Gasteiger partial charge >= 0.3 is 5.69 Å². The highest BCUT2D eigenvalue weighted by Crippen LogP contribution is 2.34. The number of hydrogen-bond acceptors (Lipinski definition) is 5. The molecule has 0 fully saturated rings. The number of hydrogen-bond donors (Lipinski definition) is 2. The van der Waals surface area contributed by atoms with Gasteiger partial charge in [0, 0.05) is 5.69 Å². The predicted molar refractivity (Wildman–Crippen MR) is 78.9 cm³/mol. The second-order valence-corrected chi connectivity index (χ2v) is 6.55. The van der Waals surface area contributed by atoms with Crippen LogP contribution in [-0.2, 0) is 10.0 Å². The third kappa shape index (κ3) is 2.19. The Hall–Kier alpha value is -2.55. The lowest BCUT2D eigenvalue weighted by Crippen LogP contribution is -2.41. The van der Waals surface area contributed by atoms with Crippen molar-refractivity contribution < 1.29 is 13.2 Å². The molecule has 2 heterocycles. The molecule has 2 N–H and O–H groups in total. The summed E-state index contributed by atoms with van der Waals surface area (Å²) >= 11 is 0. The van der Waals surface area contributed by atoms with Crippen LogP contribution in [0.1, 0.15) is 5.69 Å². The van der Waals surface area contributed by atoms with Gasteiger partial charge in [0.1, 0.15) is 12.4 Å². The van der Waals surface area contributed by atoms with E-state index in [1.807, 2.05) is 4.98 Å². The van der Waals surface area contributed by atoms with Crippen molar-refractivity contribution in [2.45, 2.75) is 11.8 Å². The largest absolute Gasteiger partial charge is 0.489 e. The minimum absolute atomic E-state index is 0.00211. The molecule has 1 aromatic carbocycles. The molecule has 1 aliphatic rings. The van der Waals surface area contributed by atoms with Gasteiger partial charge in [-0.25, -0.2) is 13.2 Å². The fourth-order valence-electron chi connectivity index (χ4n) is 2.40. The number of benzene rings is 1. The van der Waals surface area contributed by atoms with Crippen LogP contribution < -0.4 is 20.3 Å². The van der Waals surface area contributed by atoms with E-state index in [9.17, 15) is 18.0 Å². The molecule has 8 nitrogen and oxygen atoms in total. The van der Waals surface area contributed by atoms with E-state index in [4.69, 9.17) is 4.74 Å². The maximum atomic E-state index is 12.8. The standard InChI is InChI=1S/C13H13N3O5S/c1-8-11(12(17)15-13(18)14-8)22(19,20)16-6-7-21-10-5-3-2-4-9(10)16/h2-5H,6-7H2,1H3,(H2,14,15,17,18). The number of aromatic amines is 2. The van der Waals surface area contributed by atoms with Crippen LogP contribution in [0.25, 0.3) is 0 Å². The van der Waals surface area contributed by atoms with Gasteiger partial charge in [0.15, 0.2) is 4.90 Å². The maximum Gasteiger partial charge on any atom is 0.325 e. The van der Waals surface area contributed by atoms with Gasteiger partial charge in [-0.05, 0) is 19.1 Å². The molecule has 22 heavy (non-hydrogen) atoms. The van der Waals surface area contributed by atoms with E-state index in [-0.39, 0.29) is 18.8 Å². The minimum atomic E-state index is -4.11. The summed E-state index contributed by atoms with van der Waals surface area (Å²) in [6, 6.07) is 6.66. The summed E-state index contributed by atoms with van der Waals surface area (Å²) in [5, 5.41) is 0. The Balaban J connectivity index is 2.21. The molecule has 0 radical (unpaired) electrons. The predicted octanol–water partition coefficient (Wildman–Crippen LogP) is -0.0407. The molecule has 1 aromatic heterocycles. The van der Waals surface area contributed by atoms with E-state index >= 15 is 0 Å². The second kappa shape index (κ2) is 5.02. The Morgan fingerprint density at radius 2 is 1.91 bits per heavy atom. The monoisotopic (exact) mass is 323 g/mol. The van der Waals surface area contributed by atoms with Crippen LogP contribution in [0.2, 0.25) is 0 Å². The van der Waals surface area contributed by atoms with Gasteiger partial charge in [0.25, 0.3) is 15.6 Å². The van der Waals surface area contributed by atoms with Crippen molar-refractivity contribution in [1.82, 2.24) is 9.97 Å². The number of rotatable bonds is 2. The molecule has 3 rings (SSSR count). The van der Waals surface area contributed by atoms with E-state index in [0.29, 0.717) is 11.4 Å². The number of aryl methyl sites for hydroxylation is 1. The number of para-hydroxylation sites is 2. The highest BCUT2D eigenvalue weighted by molar-refractivity contribution is 7.92. The molecule has 9 heteroatoms. The van der Waals surface area contributed by atoms with E-state index in [0.717, 1.165) is 4.31 Å². The number of H-pyrrole nitrogens is 2. The summed E-state index contributed by atoms with van der Waals surface area (Å²) in [5.41, 5.74) is -1.33. The first kappa shape index (κ1) is 14.4. The molecule has 0 saturated heterocycles. The summed E-state index contributed by atoms with van der Waals surface area (Å²) in [4.78, 5) is 27.0. The average molecular weight is 323 g/mol. The highest BCUT2D eigenvalue weighted by Gasteiger charge is 2.33. The van der Waals surface area contributed by atoms with Crippen molar-refractivity contribution in [3.63, 3.8) is 0 Å². The first-order chi connectivity index (χ1) is 10.4. The number of aromatic nitrogens is 2. The molecule has 0 bridgehead atoms. The van der Waals surface area contributed by atoms with Crippen LogP contribution in [0.5, 0.6) is 5.75 Å². The molecule has 0 amide bonds. The zero-order chi connectivity index (χ0) is 15.9. The average Bonchev–Trinajstić information content (AvgIpc) is 2.45. The molecule has 0 unspecified atom stereocenters. The minimum Gasteiger partial charge on any atom is -0.489 e. The molecule has 0 atom stereocenters. The number of fused-ring (bicyclic) bond motifs is 1. The van der Waals surface area contributed by atoms with Crippen molar-refractivity contribution in [3.8, 4) is 5.75 Å². The van der Waals surface area contributed by atoms with Crippen LogP contribution in [0, 0.1) is 6.92 Å². The van der Waals surface area contributed by atoms with E-state index in [1.165, 1.54) is 6.92 Å². The first-order valence-corrected chi connectivity index (χ1v) is 7.93. The van der Waals surface area contributed by atoms with Gasteiger partial charge in [0.05, 0.1) is 12.2 Å². The van der Waals surface area contributed by atoms with Gasteiger partial charge in [0.2, 0.25) is 0 Å². The number of sulfonamides is 1. The number of anilines is 1. The molecule has 116 valence electrons. The third-order valence-electron chi connectivity index (χ3n) is 3.31. The van der Waals surface area contributed by atoms with Crippen molar-refractivity contribution in [1.29, 1.82) is 0 Å². The van der Waals surface area contributed by atoms with Crippen LogP contribution >= 0.6 is 0 Å². The van der Waals surface area contributed by atoms with Gasteiger partial charge in [-0.15, -0.1) is 0 Å². The Labute approximate surface area is 125 Å². The van der Waals surface area contributed by atoms with Crippen molar-refractivity contribution in [2.75, 3.05) is 17.5 Å². The lowest BCUT2D eigenvalue weighted by molar-refractivity contribution is 0.316. The molecule has 2 aromatic rings. The topological polar surface area (TPSA) is 112 Å². The third-order valence-corrected chi connectivity index (χ3v) is 5.28. The summed E-state index contributed by atoms with van der Waals surface area (Å²) in [6.07, 6.45) is 0. The van der Waals surface area contributed by atoms with Crippen LogP contribution in [0.4, 0.5) is 5.69 Å². The SMILES string of the molecule is Cc1[nH]c(=O)[nH]c(=O)c1S(=O)(=O)N1CCOc2ccccc21. The van der Waals surface area contributed by atoms with Crippen LogP contribution in [0.15, 0.2) is 38.8 Å². The molecular weight excluding hydrogens is 310 g/mol. The second-order valence-electron chi connectivity index (χ2n) is 4.76. The number of nitrogens with zero attached hydrogens (tertiary/aromatic N) is 1. The van der Waals surface area contributed by atoms with E-state index in [1.54, 1.807) is 24.3 Å². The molecular formula is C13H13N3O5S. The number of nitrogens with one attached hydrogen (secondary N) is 2. The van der Waals surface area contributed by atoms with Gasteiger partial charge in [-0.1, -0.05) is 12.1 Å². The quantitative estimate of drug-likeness (QED) is 0.805. The fraction of sp³-hybridized carbons (Fsp3) is 0.231. The summed E-state index contributed by atoms with van der Waals surface area (Å²) < 4.78 is 32.2. The first-order valence-electron chi connectivity index (χ1n) is 6.49. The Kier molecular flexibility index (Phi) is 3.28. The zero-order valence-corrected chi connectivity index (χ0v) is 12.4. The summed E-state index contributed by atoms with van der Waals surface area (Å²) in [7, 11) is -4.11. The van der Waals surface area contributed by atoms with Crippen molar-refractivity contribution in [2.24, 2.45) is 0 Å². The highest BCUT2D eigenvalue weighted by atomic mass is 32.2. The normalized spacial score (nSPS) is 14.3. The summed E-state index contributed by atoms with van der Waals surface area (Å²) in [5.74, 6) is 0.427. The van der Waals surface area contributed by atoms with E-state index in [2.05, 4.69) is 4.98 Å². The van der Waals surface area contributed by atoms with Crippen molar-refractivity contribution >= 4 is 15.7 Å². The Morgan fingerprint density at radius 1 is 1.18 bits per heavy atom. The van der Waals surface area contributed by atoms with Gasteiger partial charge in [-0.3, -0.25) is 14.1 Å². The van der Waals surface area contributed by atoms with E-state index < -0.39 is 26.2 Å². The molecule has 0 spiro atoms. The molecule has 1 aliphatic heterocycles. The van der Waals surface area contributed by atoms with Crippen LogP contribution in [-0.4, -0.2) is 31.5 Å².